The Balaban J connectivity index is 1.67. The summed E-state index contributed by atoms with van der Waals surface area (Å²) < 4.78 is 2.38. The number of carbonyl (C=O) groups is 1. The fourth-order valence-corrected chi connectivity index (χ4v) is 2.93. The van der Waals surface area contributed by atoms with Crippen LogP contribution in [0.3, 0.4) is 0 Å². The number of carbonyl (C=O) groups excluding carboxylic acids is 1. The van der Waals surface area contributed by atoms with Crippen LogP contribution in [0, 0.1) is 11.7 Å². The number of hydrogen-bond acceptors (Lipinski definition) is 3. The third kappa shape index (κ3) is 4.26. The van der Waals surface area contributed by atoms with Gasteiger partial charge in [0.1, 0.15) is 0 Å². The molecule has 3 rings (SSSR count). The lowest BCUT2D eigenvalue weighted by molar-refractivity contribution is -0.116. The van der Waals surface area contributed by atoms with Crippen molar-refractivity contribution in [3.8, 4) is 11.4 Å². The van der Waals surface area contributed by atoms with E-state index >= 15 is 0 Å². The van der Waals surface area contributed by atoms with Gasteiger partial charge in [0.2, 0.25) is 5.91 Å². The topological polar surface area (TPSA) is 62.7 Å². The van der Waals surface area contributed by atoms with Gasteiger partial charge >= 0.3 is 0 Å². The van der Waals surface area contributed by atoms with Crippen LogP contribution in [0.4, 0.5) is 5.69 Å². The van der Waals surface area contributed by atoms with E-state index in [-0.39, 0.29) is 5.91 Å². The Bertz CT molecular complexity index is 939. The molecule has 0 unspecified atom stereocenters. The highest BCUT2D eigenvalue weighted by Crippen LogP contribution is 2.18. The van der Waals surface area contributed by atoms with E-state index in [9.17, 15) is 4.79 Å². The summed E-state index contributed by atoms with van der Waals surface area (Å²) in [5.74, 6) is 0.697. The second-order valence-corrected chi connectivity index (χ2v) is 6.61. The highest BCUT2D eigenvalue weighted by molar-refractivity contribution is 7.71. The molecule has 0 spiro atoms. The van der Waals surface area contributed by atoms with Crippen molar-refractivity contribution in [2.75, 3.05) is 5.32 Å². The maximum atomic E-state index is 12.3. The fraction of sp³-hybridized carbons (Fsp3) is 0.250. The van der Waals surface area contributed by atoms with Gasteiger partial charge in [0, 0.05) is 24.2 Å². The van der Waals surface area contributed by atoms with E-state index in [2.05, 4.69) is 22.4 Å². The number of rotatable bonds is 6. The number of amides is 1. The van der Waals surface area contributed by atoms with Crippen LogP contribution in [0.25, 0.3) is 11.4 Å². The van der Waals surface area contributed by atoms with Gasteiger partial charge in [-0.2, -0.15) is 5.10 Å². The van der Waals surface area contributed by atoms with Gasteiger partial charge in [-0.3, -0.25) is 14.5 Å². The highest BCUT2D eigenvalue weighted by atomic mass is 32.1. The zero-order valence-electron chi connectivity index (χ0n) is 15.0. The second kappa shape index (κ2) is 8.10. The Morgan fingerprint density at radius 1 is 1.15 bits per heavy atom. The molecule has 0 saturated carbocycles. The predicted molar refractivity (Wildman–Crippen MR) is 107 cm³/mol. The Kier molecular flexibility index (Phi) is 5.63. The van der Waals surface area contributed by atoms with Crippen LogP contribution in [0.5, 0.6) is 0 Å². The summed E-state index contributed by atoms with van der Waals surface area (Å²) in [5, 5.41) is 10.1. The van der Waals surface area contributed by atoms with Crippen molar-refractivity contribution < 1.29 is 4.79 Å². The van der Waals surface area contributed by atoms with Crippen LogP contribution in [0.2, 0.25) is 0 Å². The minimum Gasteiger partial charge on any atom is -0.326 e. The van der Waals surface area contributed by atoms with Gasteiger partial charge in [-0.05, 0) is 43.3 Å². The standard InChI is InChI=1S/C20H22N4OS/c1-3-15-6-10-17(11-7-15)21-18(25)12-13-24-19(22-23-20(24)26)16-8-4-14(2)5-9-16/h4-11H,3,12-13H2,1-2H3,(H,21,25)(H,23,26). The summed E-state index contributed by atoms with van der Waals surface area (Å²) in [6.45, 7) is 4.61. The first-order chi connectivity index (χ1) is 12.6. The first-order valence-electron chi connectivity index (χ1n) is 8.68. The number of aryl methyl sites for hydroxylation is 2. The van der Waals surface area contributed by atoms with Crippen molar-refractivity contribution in [1.82, 2.24) is 14.8 Å². The van der Waals surface area contributed by atoms with E-state index in [1.54, 1.807) is 0 Å². The molecule has 1 aromatic heterocycles. The number of nitrogens with one attached hydrogen (secondary N) is 2. The van der Waals surface area contributed by atoms with Gasteiger partial charge in [0.05, 0.1) is 0 Å². The molecule has 1 heterocycles. The number of hydrogen-bond donors (Lipinski definition) is 2. The third-order valence-corrected chi connectivity index (χ3v) is 4.59. The molecule has 0 bridgehead atoms. The van der Waals surface area contributed by atoms with Crippen molar-refractivity contribution in [2.45, 2.75) is 33.2 Å². The average molecular weight is 366 g/mol. The van der Waals surface area contributed by atoms with Crippen LogP contribution < -0.4 is 5.32 Å². The second-order valence-electron chi connectivity index (χ2n) is 6.22. The van der Waals surface area contributed by atoms with Gasteiger partial charge in [0.25, 0.3) is 0 Å². The van der Waals surface area contributed by atoms with E-state index in [0.717, 1.165) is 23.5 Å². The smallest absolute Gasteiger partial charge is 0.226 e. The van der Waals surface area contributed by atoms with Crippen molar-refractivity contribution in [3.05, 3.63) is 64.4 Å². The first-order valence-corrected chi connectivity index (χ1v) is 9.08. The third-order valence-electron chi connectivity index (χ3n) is 4.28. The van der Waals surface area contributed by atoms with Crippen LogP contribution in [-0.2, 0) is 17.8 Å². The SMILES string of the molecule is CCc1ccc(NC(=O)CCn2c(-c3ccc(C)cc3)n[nH]c2=S)cc1. The molecule has 0 radical (unpaired) electrons. The van der Waals surface area contributed by atoms with Crippen LogP contribution in [0.1, 0.15) is 24.5 Å². The average Bonchev–Trinajstić information content (AvgIpc) is 3.02. The summed E-state index contributed by atoms with van der Waals surface area (Å²) in [7, 11) is 0. The minimum absolute atomic E-state index is 0.0489. The number of nitrogens with zero attached hydrogens (tertiary/aromatic N) is 2. The molecule has 0 fully saturated rings. The van der Waals surface area contributed by atoms with E-state index in [1.807, 2.05) is 60.0 Å². The number of aromatic nitrogens is 3. The lowest BCUT2D eigenvalue weighted by Crippen LogP contribution is -2.15. The molecule has 0 aliphatic heterocycles. The summed E-state index contributed by atoms with van der Waals surface area (Å²) in [6, 6.07) is 16.0. The Morgan fingerprint density at radius 2 is 1.85 bits per heavy atom. The molecular formula is C20H22N4OS. The van der Waals surface area contributed by atoms with Crippen molar-refractivity contribution in [2.24, 2.45) is 0 Å². The Hall–Kier alpha value is -2.73. The summed E-state index contributed by atoms with van der Waals surface area (Å²) >= 11 is 5.32. The van der Waals surface area contributed by atoms with Crippen molar-refractivity contribution in [1.29, 1.82) is 0 Å². The van der Waals surface area contributed by atoms with Crippen molar-refractivity contribution in [3.63, 3.8) is 0 Å². The first kappa shape index (κ1) is 18.1. The molecule has 3 aromatic rings. The maximum absolute atomic E-state index is 12.3. The largest absolute Gasteiger partial charge is 0.326 e. The van der Waals surface area contributed by atoms with E-state index in [0.29, 0.717) is 17.7 Å². The molecular weight excluding hydrogens is 344 g/mol. The van der Waals surface area contributed by atoms with Crippen LogP contribution in [0.15, 0.2) is 48.5 Å². The van der Waals surface area contributed by atoms with Gasteiger partial charge in [-0.1, -0.05) is 48.9 Å². The molecule has 0 aliphatic carbocycles. The number of H-pyrrole nitrogens is 1. The quantitative estimate of drug-likeness (QED) is 0.631. The van der Waals surface area contributed by atoms with Gasteiger partial charge in [-0.15, -0.1) is 0 Å². The molecule has 0 atom stereocenters. The molecule has 2 aromatic carbocycles. The normalized spacial score (nSPS) is 10.7. The number of aromatic amines is 1. The van der Waals surface area contributed by atoms with E-state index < -0.39 is 0 Å². The van der Waals surface area contributed by atoms with Gasteiger partial charge in [0.15, 0.2) is 10.6 Å². The molecule has 134 valence electrons. The Morgan fingerprint density at radius 3 is 2.50 bits per heavy atom. The molecule has 6 heteroatoms. The lowest BCUT2D eigenvalue weighted by Gasteiger charge is -2.09. The lowest BCUT2D eigenvalue weighted by atomic mass is 10.1. The number of benzene rings is 2. The summed E-state index contributed by atoms with van der Waals surface area (Å²) in [5.41, 5.74) is 4.21. The molecule has 2 N–H and O–H groups in total. The Labute approximate surface area is 158 Å². The molecule has 5 nitrogen and oxygen atoms in total. The van der Waals surface area contributed by atoms with E-state index in [4.69, 9.17) is 12.2 Å². The van der Waals surface area contributed by atoms with Crippen LogP contribution in [-0.4, -0.2) is 20.7 Å². The monoisotopic (exact) mass is 366 g/mol. The number of anilines is 1. The van der Waals surface area contributed by atoms with Gasteiger partial charge < -0.3 is 5.32 Å². The van der Waals surface area contributed by atoms with Gasteiger partial charge in [-0.25, -0.2) is 0 Å². The summed E-state index contributed by atoms with van der Waals surface area (Å²) in [6.07, 6.45) is 1.30. The highest BCUT2D eigenvalue weighted by Gasteiger charge is 2.11. The molecule has 0 aliphatic rings. The van der Waals surface area contributed by atoms with E-state index in [1.165, 1.54) is 11.1 Å². The fourth-order valence-electron chi connectivity index (χ4n) is 2.71. The van der Waals surface area contributed by atoms with Crippen LogP contribution >= 0.6 is 12.2 Å². The minimum atomic E-state index is -0.0489. The zero-order valence-corrected chi connectivity index (χ0v) is 15.8. The zero-order chi connectivity index (χ0) is 18.5. The maximum Gasteiger partial charge on any atom is 0.226 e. The molecule has 26 heavy (non-hydrogen) atoms. The van der Waals surface area contributed by atoms with Crippen molar-refractivity contribution >= 4 is 23.8 Å². The predicted octanol–water partition coefficient (Wildman–Crippen LogP) is 4.51. The summed E-state index contributed by atoms with van der Waals surface area (Å²) in [4.78, 5) is 12.3. The molecule has 0 saturated heterocycles. The molecule has 1 amide bonds.